The summed E-state index contributed by atoms with van der Waals surface area (Å²) in [6.07, 6.45) is 2.06. The van der Waals surface area contributed by atoms with Gasteiger partial charge in [-0.15, -0.1) is 0 Å². The lowest BCUT2D eigenvalue weighted by molar-refractivity contribution is -0.131. The molecule has 24 heavy (non-hydrogen) atoms. The van der Waals surface area contributed by atoms with Crippen molar-refractivity contribution in [3.05, 3.63) is 34.4 Å². The van der Waals surface area contributed by atoms with Crippen LogP contribution in [0.4, 0.5) is 4.39 Å². The van der Waals surface area contributed by atoms with Crippen LogP contribution < -0.4 is 5.56 Å². The molecule has 1 aliphatic heterocycles. The lowest BCUT2D eigenvalue weighted by atomic mass is 9.99. The van der Waals surface area contributed by atoms with Crippen molar-refractivity contribution in [1.82, 2.24) is 14.9 Å². The van der Waals surface area contributed by atoms with Gasteiger partial charge in [-0.25, -0.2) is 9.37 Å². The fraction of sp³-hybridized carbons (Fsp3) is 0.471. The van der Waals surface area contributed by atoms with Gasteiger partial charge in [0.2, 0.25) is 5.91 Å². The standard InChI is InChI=1S/C17H20FN3O2S/c1-10-5-7-21(8-6-10)16(23)11(2)24-17-19-14-4-3-12(18)9-13(14)15(22)20-17/h3-4,9-11H,5-8H2,1-2H3,(H,19,20,22)/t11-/m1/s1. The van der Waals surface area contributed by atoms with Gasteiger partial charge in [0.05, 0.1) is 16.2 Å². The number of aromatic nitrogens is 2. The number of nitrogens with one attached hydrogen (secondary N) is 1. The Morgan fingerprint density at radius 3 is 2.83 bits per heavy atom. The first-order valence-electron chi connectivity index (χ1n) is 8.09. The maximum Gasteiger partial charge on any atom is 0.259 e. The molecule has 5 nitrogen and oxygen atoms in total. The van der Waals surface area contributed by atoms with E-state index in [9.17, 15) is 14.0 Å². The van der Waals surface area contributed by atoms with Gasteiger partial charge in [0.25, 0.3) is 5.56 Å². The number of carbonyl (C=O) groups excluding carboxylic acids is 1. The molecule has 1 aromatic carbocycles. The molecular formula is C17H20FN3O2S. The lowest BCUT2D eigenvalue weighted by Crippen LogP contribution is -2.41. The maximum absolute atomic E-state index is 13.2. The lowest BCUT2D eigenvalue weighted by Gasteiger charge is -2.31. The molecule has 7 heteroatoms. The van der Waals surface area contributed by atoms with Gasteiger partial charge < -0.3 is 9.88 Å². The van der Waals surface area contributed by atoms with Crippen molar-refractivity contribution in [3.8, 4) is 0 Å². The number of nitrogens with zero attached hydrogens (tertiary/aromatic N) is 2. The van der Waals surface area contributed by atoms with Gasteiger partial charge in [0.15, 0.2) is 5.16 Å². The molecule has 1 saturated heterocycles. The average Bonchev–Trinajstić information content (AvgIpc) is 2.55. The Balaban J connectivity index is 1.75. The second-order valence-corrected chi connectivity index (χ2v) is 7.63. The minimum Gasteiger partial charge on any atom is -0.342 e. The van der Waals surface area contributed by atoms with Crippen molar-refractivity contribution in [1.29, 1.82) is 0 Å². The van der Waals surface area contributed by atoms with E-state index in [2.05, 4.69) is 16.9 Å². The van der Waals surface area contributed by atoms with E-state index < -0.39 is 11.4 Å². The first kappa shape index (κ1) is 17.0. The molecule has 3 rings (SSSR count). The normalized spacial score (nSPS) is 17.2. The van der Waals surface area contributed by atoms with Crippen LogP contribution in [-0.2, 0) is 4.79 Å². The van der Waals surface area contributed by atoms with Gasteiger partial charge >= 0.3 is 0 Å². The molecule has 0 bridgehead atoms. The highest BCUT2D eigenvalue weighted by molar-refractivity contribution is 8.00. The predicted octanol–water partition coefficient (Wildman–Crippen LogP) is 2.80. The van der Waals surface area contributed by atoms with Crippen molar-refractivity contribution >= 4 is 28.6 Å². The minimum atomic E-state index is -0.474. The maximum atomic E-state index is 13.2. The summed E-state index contributed by atoms with van der Waals surface area (Å²) in [5.74, 6) is 0.253. The van der Waals surface area contributed by atoms with Crippen molar-refractivity contribution in [2.24, 2.45) is 5.92 Å². The summed E-state index contributed by atoms with van der Waals surface area (Å²) in [6.45, 7) is 5.59. The highest BCUT2D eigenvalue weighted by Gasteiger charge is 2.25. The SMILES string of the molecule is CC1CCN(C(=O)[C@@H](C)Sc2nc3ccc(F)cc3c(=O)[nH]2)CC1. The number of H-pyrrole nitrogens is 1. The van der Waals surface area contributed by atoms with Crippen LogP contribution in [0, 0.1) is 11.7 Å². The number of thioether (sulfide) groups is 1. The number of halogens is 1. The molecule has 0 aliphatic carbocycles. The third kappa shape index (κ3) is 3.61. The summed E-state index contributed by atoms with van der Waals surface area (Å²) in [4.78, 5) is 33.4. The Labute approximate surface area is 143 Å². The van der Waals surface area contributed by atoms with Crippen LogP contribution in [0.2, 0.25) is 0 Å². The first-order chi connectivity index (χ1) is 11.4. The number of benzene rings is 1. The number of hydrogen-bond acceptors (Lipinski definition) is 4. The summed E-state index contributed by atoms with van der Waals surface area (Å²) < 4.78 is 13.2. The van der Waals surface area contributed by atoms with E-state index in [1.807, 2.05) is 11.8 Å². The van der Waals surface area contributed by atoms with E-state index in [1.54, 1.807) is 0 Å². The van der Waals surface area contributed by atoms with E-state index >= 15 is 0 Å². The predicted molar refractivity (Wildman–Crippen MR) is 92.6 cm³/mol. The van der Waals surface area contributed by atoms with Crippen LogP contribution in [0.25, 0.3) is 10.9 Å². The largest absolute Gasteiger partial charge is 0.342 e. The number of carbonyl (C=O) groups is 1. The minimum absolute atomic E-state index is 0.0637. The third-order valence-corrected chi connectivity index (χ3v) is 5.35. The van der Waals surface area contributed by atoms with Crippen LogP contribution in [0.3, 0.4) is 0 Å². The second kappa shape index (κ2) is 6.93. The zero-order valence-corrected chi connectivity index (χ0v) is 14.5. The second-order valence-electron chi connectivity index (χ2n) is 6.30. The highest BCUT2D eigenvalue weighted by Crippen LogP contribution is 2.24. The molecule has 0 spiro atoms. The fourth-order valence-corrected chi connectivity index (χ4v) is 3.74. The van der Waals surface area contributed by atoms with E-state index in [0.29, 0.717) is 16.6 Å². The summed E-state index contributed by atoms with van der Waals surface area (Å²) in [5.41, 5.74) is 0.0301. The molecule has 2 heterocycles. The number of amides is 1. The fourth-order valence-electron chi connectivity index (χ4n) is 2.85. The van der Waals surface area contributed by atoms with Gasteiger partial charge in [-0.05, 0) is 43.9 Å². The van der Waals surface area contributed by atoms with Crippen molar-refractivity contribution in [2.45, 2.75) is 37.1 Å². The van der Waals surface area contributed by atoms with Gasteiger partial charge in [0, 0.05) is 13.1 Å². The average molecular weight is 349 g/mol. The zero-order chi connectivity index (χ0) is 17.3. The van der Waals surface area contributed by atoms with Gasteiger partial charge in [-0.3, -0.25) is 9.59 Å². The van der Waals surface area contributed by atoms with Crippen LogP contribution >= 0.6 is 11.8 Å². The van der Waals surface area contributed by atoms with Crippen LogP contribution in [0.1, 0.15) is 26.7 Å². The molecule has 2 aromatic rings. The number of fused-ring (bicyclic) bond motifs is 1. The van der Waals surface area contributed by atoms with Gasteiger partial charge in [0.1, 0.15) is 5.82 Å². The molecule has 1 N–H and O–H groups in total. The van der Waals surface area contributed by atoms with E-state index in [4.69, 9.17) is 0 Å². The van der Waals surface area contributed by atoms with Crippen molar-refractivity contribution < 1.29 is 9.18 Å². The Hall–Kier alpha value is -1.89. The highest BCUT2D eigenvalue weighted by atomic mass is 32.2. The van der Waals surface area contributed by atoms with Crippen LogP contribution in [0.15, 0.2) is 28.2 Å². The van der Waals surface area contributed by atoms with E-state index in [0.717, 1.165) is 25.9 Å². The Morgan fingerprint density at radius 1 is 1.42 bits per heavy atom. The van der Waals surface area contributed by atoms with E-state index in [1.165, 1.54) is 30.0 Å². The summed E-state index contributed by atoms with van der Waals surface area (Å²) in [5, 5.41) is 0.258. The Bertz CT molecular complexity index is 815. The van der Waals surface area contributed by atoms with E-state index in [-0.39, 0.29) is 16.5 Å². The summed E-state index contributed by atoms with van der Waals surface area (Å²) in [7, 11) is 0. The molecular weight excluding hydrogens is 329 g/mol. The number of likely N-dealkylation sites (tertiary alicyclic amines) is 1. The molecule has 0 radical (unpaired) electrons. The molecule has 1 atom stereocenters. The number of piperidine rings is 1. The van der Waals surface area contributed by atoms with Crippen molar-refractivity contribution in [2.75, 3.05) is 13.1 Å². The molecule has 128 valence electrons. The molecule has 1 aliphatic rings. The van der Waals surface area contributed by atoms with Gasteiger partial charge in [-0.1, -0.05) is 18.7 Å². The van der Waals surface area contributed by atoms with Crippen molar-refractivity contribution in [3.63, 3.8) is 0 Å². The number of aromatic amines is 1. The smallest absolute Gasteiger partial charge is 0.259 e. The third-order valence-electron chi connectivity index (χ3n) is 4.38. The zero-order valence-electron chi connectivity index (χ0n) is 13.7. The molecule has 1 fully saturated rings. The molecule has 0 unspecified atom stereocenters. The molecule has 1 amide bonds. The number of hydrogen-bond donors (Lipinski definition) is 1. The molecule has 0 saturated carbocycles. The first-order valence-corrected chi connectivity index (χ1v) is 8.97. The molecule has 1 aromatic heterocycles. The van der Waals surface area contributed by atoms with Crippen LogP contribution in [0.5, 0.6) is 0 Å². The number of rotatable bonds is 3. The topological polar surface area (TPSA) is 66.1 Å². The summed E-state index contributed by atoms with van der Waals surface area (Å²) in [6, 6.07) is 3.91. The Morgan fingerprint density at radius 2 is 2.12 bits per heavy atom. The monoisotopic (exact) mass is 349 g/mol. The summed E-state index contributed by atoms with van der Waals surface area (Å²) >= 11 is 1.23. The van der Waals surface area contributed by atoms with Crippen LogP contribution in [-0.4, -0.2) is 39.1 Å². The van der Waals surface area contributed by atoms with Gasteiger partial charge in [-0.2, -0.15) is 0 Å². The quantitative estimate of drug-likeness (QED) is 0.683. The Kier molecular flexibility index (Phi) is 4.89.